The first kappa shape index (κ1) is 19.9. The summed E-state index contributed by atoms with van der Waals surface area (Å²) >= 11 is 5.92. The van der Waals surface area contributed by atoms with Gasteiger partial charge in [0.05, 0.1) is 5.56 Å². The lowest BCUT2D eigenvalue weighted by molar-refractivity contribution is 0.456. The van der Waals surface area contributed by atoms with E-state index >= 15 is 0 Å². The van der Waals surface area contributed by atoms with Gasteiger partial charge in [-0.1, -0.05) is 33.8 Å². The summed E-state index contributed by atoms with van der Waals surface area (Å²) in [5.74, 6) is 0.426. The molecule has 0 amide bonds. The van der Waals surface area contributed by atoms with Crippen molar-refractivity contribution in [1.82, 2.24) is 14.1 Å². The Kier molecular flexibility index (Phi) is 5.63. The summed E-state index contributed by atoms with van der Waals surface area (Å²) in [5.41, 5.74) is 2.20. The molecular formula is C20H25N3O2S2. The second kappa shape index (κ2) is 7.64. The predicted molar refractivity (Wildman–Crippen MR) is 113 cm³/mol. The van der Waals surface area contributed by atoms with Gasteiger partial charge in [0.2, 0.25) is 0 Å². The molecule has 3 rings (SSSR count). The van der Waals surface area contributed by atoms with E-state index in [-0.39, 0.29) is 23.1 Å². The molecule has 1 unspecified atom stereocenters. The maximum atomic E-state index is 13.0. The van der Waals surface area contributed by atoms with Gasteiger partial charge in [0.15, 0.2) is 0 Å². The van der Waals surface area contributed by atoms with E-state index in [1.807, 2.05) is 18.3 Å². The van der Waals surface area contributed by atoms with Crippen LogP contribution in [0.25, 0.3) is 5.57 Å². The molecule has 0 saturated carbocycles. The second-order valence-electron chi connectivity index (χ2n) is 7.63. The first-order chi connectivity index (χ1) is 12.7. The Bertz CT molecular complexity index is 1050. The fourth-order valence-electron chi connectivity index (χ4n) is 3.51. The largest absolute Gasteiger partial charge is 0.331 e. The van der Waals surface area contributed by atoms with E-state index < -0.39 is 9.45 Å². The van der Waals surface area contributed by atoms with E-state index in [1.165, 1.54) is 4.57 Å². The van der Waals surface area contributed by atoms with Crippen LogP contribution in [0.2, 0.25) is 0 Å². The van der Waals surface area contributed by atoms with Crippen LogP contribution in [-0.4, -0.2) is 14.1 Å². The smallest absolute Gasteiger partial charge is 0.287 e. The molecule has 0 aliphatic carbocycles. The number of fused-ring (bicyclic) bond motifs is 1. The van der Waals surface area contributed by atoms with Crippen molar-refractivity contribution in [3.8, 4) is 0 Å². The number of pyridine rings is 1. The molecule has 1 aliphatic heterocycles. The Morgan fingerprint density at radius 1 is 1.22 bits per heavy atom. The number of hydrogen-bond donors (Lipinski definition) is 0. The summed E-state index contributed by atoms with van der Waals surface area (Å²) in [6.07, 6.45) is 4.23. The van der Waals surface area contributed by atoms with Crippen molar-refractivity contribution >= 4 is 26.2 Å². The maximum Gasteiger partial charge on any atom is 0.331 e. The fourth-order valence-corrected chi connectivity index (χ4v) is 6.28. The Morgan fingerprint density at radius 3 is 2.48 bits per heavy atom. The van der Waals surface area contributed by atoms with Crippen LogP contribution < -0.4 is 11.2 Å². The molecule has 0 aromatic carbocycles. The topological polar surface area (TPSA) is 56.9 Å². The van der Waals surface area contributed by atoms with Gasteiger partial charge >= 0.3 is 5.69 Å². The minimum atomic E-state index is -0.709. The summed E-state index contributed by atoms with van der Waals surface area (Å²) in [5, 5.41) is 0.731. The zero-order valence-corrected chi connectivity index (χ0v) is 18.0. The Balaban J connectivity index is 2.29. The van der Waals surface area contributed by atoms with Gasteiger partial charge in [-0.2, -0.15) is 0 Å². The van der Waals surface area contributed by atoms with Gasteiger partial charge in [-0.05, 0) is 49.7 Å². The number of hydrogen-bond acceptors (Lipinski definition) is 4. The van der Waals surface area contributed by atoms with Crippen LogP contribution in [0, 0.1) is 11.8 Å². The summed E-state index contributed by atoms with van der Waals surface area (Å²) < 4.78 is 2.96. The normalized spacial score (nSPS) is 16.5. The van der Waals surface area contributed by atoms with E-state index in [4.69, 9.17) is 11.2 Å². The lowest BCUT2D eigenvalue weighted by Gasteiger charge is -2.17. The van der Waals surface area contributed by atoms with Crippen molar-refractivity contribution in [3.63, 3.8) is 0 Å². The van der Waals surface area contributed by atoms with Crippen LogP contribution >= 0.6 is 0 Å². The van der Waals surface area contributed by atoms with Gasteiger partial charge in [0.1, 0.15) is 5.03 Å². The van der Waals surface area contributed by atoms with Crippen LogP contribution in [0.5, 0.6) is 0 Å². The van der Waals surface area contributed by atoms with Crippen molar-refractivity contribution in [2.24, 2.45) is 18.9 Å². The van der Waals surface area contributed by atoms with Gasteiger partial charge in [-0.15, -0.1) is 0 Å². The van der Waals surface area contributed by atoms with Crippen LogP contribution in [0.15, 0.2) is 44.0 Å². The highest BCUT2D eigenvalue weighted by molar-refractivity contribution is 8.31. The first-order valence-corrected chi connectivity index (χ1v) is 11.3. The summed E-state index contributed by atoms with van der Waals surface area (Å²) in [6.45, 7) is 8.84. The number of allylic oxidation sites excluding steroid dienone is 2. The predicted octanol–water partition coefficient (Wildman–Crippen LogP) is 2.66. The standard InChI is InChI=1S/C20H25N3O2S2/c1-12(2)11-23-19-17(18(24)22(5)20(23)25)16(13(3)4)15(27(19)26)9-14-7-6-8-21-10-14/h6-8,10,12-13H,9,11H2,1-5H3. The molecule has 5 nitrogen and oxygen atoms in total. The molecule has 0 bridgehead atoms. The second-order valence-corrected chi connectivity index (χ2v) is 10.0. The van der Waals surface area contributed by atoms with E-state index in [1.54, 1.807) is 17.8 Å². The maximum absolute atomic E-state index is 13.0. The summed E-state index contributed by atoms with van der Waals surface area (Å²) in [7, 11) is 0.847. The third kappa shape index (κ3) is 3.50. The van der Waals surface area contributed by atoms with Crippen LogP contribution in [-0.2, 0) is 40.7 Å². The highest BCUT2D eigenvalue weighted by Crippen LogP contribution is 2.40. The molecule has 2 aromatic rings. The first-order valence-electron chi connectivity index (χ1n) is 9.11. The minimum absolute atomic E-state index is 0.147. The molecule has 7 heteroatoms. The van der Waals surface area contributed by atoms with Gasteiger partial charge < -0.3 is 0 Å². The molecule has 0 saturated heterocycles. The monoisotopic (exact) mass is 403 g/mol. The number of rotatable bonds is 5. The van der Waals surface area contributed by atoms with E-state index in [2.05, 4.69) is 32.7 Å². The molecule has 0 radical (unpaired) electrons. The molecule has 144 valence electrons. The molecule has 1 aliphatic rings. The number of nitrogens with zero attached hydrogens (tertiary/aromatic N) is 3. The molecule has 1 atom stereocenters. The lowest BCUT2D eigenvalue weighted by atomic mass is 9.95. The molecule has 3 heterocycles. The van der Waals surface area contributed by atoms with Crippen molar-refractivity contribution in [3.05, 3.63) is 61.4 Å². The van der Waals surface area contributed by atoms with Gasteiger partial charge in [-0.3, -0.25) is 18.9 Å². The van der Waals surface area contributed by atoms with Gasteiger partial charge in [0, 0.05) is 37.3 Å². The van der Waals surface area contributed by atoms with Crippen molar-refractivity contribution in [1.29, 1.82) is 0 Å². The quantitative estimate of drug-likeness (QED) is 0.720. The lowest BCUT2D eigenvalue weighted by Crippen LogP contribution is -2.41. The molecular weight excluding hydrogens is 378 g/mol. The van der Waals surface area contributed by atoms with E-state index in [9.17, 15) is 9.59 Å². The zero-order valence-electron chi connectivity index (χ0n) is 16.4. The SMILES string of the molecule is CC(C)Cn1c2c(c(=O)n(C)c1=O)C(C(C)C)=C(Cc1cccnc1)S2=S. The third-order valence-corrected chi connectivity index (χ3v) is 7.34. The molecule has 0 N–H and O–H groups in total. The van der Waals surface area contributed by atoms with Gasteiger partial charge in [-0.25, -0.2) is 4.79 Å². The molecule has 2 aromatic heterocycles. The van der Waals surface area contributed by atoms with Crippen molar-refractivity contribution < 1.29 is 0 Å². The van der Waals surface area contributed by atoms with Crippen LogP contribution in [0.3, 0.4) is 0 Å². The van der Waals surface area contributed by atoms with E-state index in [0.29, 0.717) is 18.5 Å². The average molecular weight is 404 g/mol. The Hall–Kier alpha value is -1.86. The van der Waals surface area contributed by atoms with E-state index in [0.717, 1.165) is 21.1 Å². The van der Waals surface area contributed by atoms with Crippen molar-refractivity contribution in [2.75, 3.05) is 0 Å². The summed E-state index contributed by atoms with van der Waals surface area (Å²) in [4.78, 5) is 31.1. The van der Waals surface area contributed by atoms with Crippen LogP contribution in [0.1, 0.15) is 38.8 Å². The minimum Gasteiger partial charge on any atom is -0.287 e. The summed E-state index contributed by atoms with van der Waals surface area (Å²) in [6, 6.07) is 3.93. The average Bonchev–Trinajstić information content (AvgIpc) is 2.90. The third-order valence-electron chi connectivity index (χ3n) is 4.68. The molecule has 0 fully saturated rings. The Labute approximate surface area is 166 Å². The number of aromatic nitrogens is 3. The zero-order chi connectivity index (χ0) is 19.9. The highest BCUT2D eigenvalue weighted by Gasteiger charge is 2.34. The van der Waals surface area contributed by atoms with Gasteiger partial charge in [0.25, 0.3) is 5.56 Å². The fraction of sp³-hybridized carbons (Fsp3) is 0.450. The Morgan fingerprint density at radius 2 is 1.93 bits per heavy atom. The van der Waals surface area contributed by atoms with Crippen LogP contribution in [0.4, 0.5) is 0 Å². The van der Waals surface area contributed by atoms with Crippen molar-refractivity contribution in [2.45, 2.75) is 45.7 Å². The molecule has 0 spiro atoms. The highest BCUT2D eigenvalue weighted by atomic mass is 32.8. The molecule has 27 heavy (non-hydrogen) atoms.